The predicted octanol–water partition coefficient (Wildman–Crippen LogP) is 8.25. The van der Waals surface area contributed by atoms with E-state index in [0.717, 1.165) is 89.5 Å². The Morgan fingerprint density at radius 1 is 0.583 bits per heavy atom. The second-order valence-electron chi connectivity index (χ2n) is 12.7. The molecule has 0 unspecified atom stereocenters. The van der Waals surface area contributed by atoms with Crippen molar-refractivity contribution < 1.29 is 9.47 Å². The van der Waals surface area contributed by atoms with Crippen molar-refractivity contribution in [1.82, 2.24) is 14.5 Å². The van der Waals surface area contributed by atoms with E-state index in [2.05, 4.69) is 115 Å². The van der Waals surface area contributed by atoms with Crippen LogP contribution in [0, 0.1) is 13.8 Å². The molecule has 4 heterocycles. The lowest BCUT2D eigenvalue weighted by Crippen LogP contribution is -2.57. The first-order chi connectivity index (χ1) is 23.6. The van der Waals surface area contributed by atoms with Crippen molar-refractivity contribution in [1.29, 1.82) is 0 Å². The van der Waals surface area contributed by atoms with Crippen LogP contribution in [0.25, 0.3) is 50.1 Å². The average Bonchev–Trinajstić information content (AvgIpc) is 3.50. The van der Waals surface area contributed by atoms with Gasteiger partial charge in [0.05, 0.1) is 22.4 Å². The van der Waals surface area contributed by atoms with Crippen molar-refractivity contribution >= 4 is 44.9 Å². The molecule has 226 valence electrons. The van der Waals surface area contributed by atoms with E-state index >= 15 is 0 Å². The van der Waals surface area contributed by atoms with E-state index in [1.807, 2.05) is 36.5 Å². The van der Waals surface area contributed by atoms with E-state index in [1.165, 1.54) is 11.1 Å². The topological polar surface area (TPSA) is 49.2 Å². The lowest BCUT2D eigenvalue weighted by molar-refractivity contribution is 0.464. The van der Waals surface area contributed by atoms with Crippen LogP contribution in [-0.2, 0) is 0 Å². The summed E-state index contributed by atoms with van der Waals surface area (Å²) in [5.41, 5.74) is 11.8. The van der Waals surface area contributed by atoms with Gasteiger partial charge < -0.3 is 9.47 Å². The number of rotatable bonds is 3. The van der Waals surface area contributed by atoms with Gasteiger partial charge in [0.1, 0.15) is 28.8 Å². The molecule has 0 radical (unpaired) electrons. The van der Waals surface area contributed by atoms with Crippen LogP contribution in [0.4, 0.5) is 0 Å². The minimum Gasteiger partial charge on any atom is -0.458 e. The fourth-order valence-electron chi connectivity index (χ4n) is 7.58. The van der Waals surface area contributed by atoms with Crippen molar-refractivity contribution in [2.45, 2.75) is 13.8 Å². The minimum absolute atomic E-state index is 0.0953. The zero-order valence-electron chi connectivity index (χ0n) is 26.4. The highest BCUT2D eigenvalue weighted by atomic mass is 16.5. The van der Waals surface area contributed by atoms with E-state index in [9.17, 15) is 0 Å². The molecule has 5 nitrogen and oxygen atoms in total. The van der Waals surface area contributed by atoms with Gasteiger partial charge in [-0.1, -0.05) is 72.8 Å². The van der Waals surface area contributed by atoms with Crippen LogP contribution in [0.2, 0.25) is 0 Å². The third kappa shape index (κ3) is 3.99. The first kappa shape index (κ1) is 27.0. The van der Waals surface area contributed by atoms with Crippen LogP contribution in [-0.4, -0.2) is 21.2 Å². The lowest BCUT2D eigenvalue weighted by atomic mass is 9.34. The van der Waals surface area contributed by atoms with Crippen LogP contribution in [0.3, 0.4) is 0 Å². The Bertz CT molecular complexity index is 2590. The van der Waals surface area contributed by atoms with Gasteiger partial charge in [0.2, 0.25) is 0 Å². The molecule has 0 spiro atoms. The quantitative estimate of drug-likeness (QED) is 0.188. The molecule has 0 saturated heterocycles. The van der Waals surface area contributed by atoms with E-state index < -0.39 is 0 Å². The van der Waals surface area contributed by atoms with Crippen molar-refractivity contribution in [2.24, 2.45) is 0 Å². The number of benzene rings is 6. The summed E-state index contributed by atoms with van der Waals surface area (Å²) in [6, 6.07) is 44.3. The third-order valence-electron chi connectivity index (χ3n) is 9.81. The largest absolute Gasteiger partial charge is 0.458 e. The summed E-state index contributed by atoms with van der Waals surface area (Å²) < 4.78 is 15.4. The molecule has 0 bridgehead atoms. The highest BCUT2D eigenvalue weighted by molar-refractivity contribution is 6.98. The van der Waals surface area contributed by atoms with E-state index in [-0.39, 0.29) is 6.71 Å². The number of imidazole rings is 1. The summed E-state index contributed by atoms with van der Waals surface area (Å²) in [4.78, 5) is 10.1. The number of fused-ring (bicyclic) bond motifs is 6. The van der Waals surface area contributed by atoms with Crippen molar-refractivity contribution in [3.8, 4) is 51.3 Å². The normalized spacial score (nSPS) is 12.7. The van der Waals surface area contributed by atoms with Gasteiger partial charge in [0.25, 0.3) is 6.71 Å². The minimum atomic E-state index is -0.0953. The summed E-state index contributed by atoms with van der Waals surface area (Å²) in [6.45, 7) is 4.24. The molecule has 0 atom stereocenters. The number of hydrogen-bond donors (Lipinski definition) is 0. The van der Waals surface area contributed by atoms with Gasteiger partial charge in [-0.05, 0) is 101 Å². The number of ether oxygens (including phenoxy) is 2. The first-order valence-electron chi connectivity index (χ1n) is 16.3. The smallest absolute Gasteiger partial charge is 0.260 e. The second-order valence-corrected chi connectivity index (χ2v) is 12.7. The van der Waals surface area contributed by atoms with Crippen molar-refractivity contribution in [3.63, 3.8) is 0 Å². The Kier molecular flexibility index (Phi) is 5.73. The van der Waals surface area contributed by atoms with Gasteiger partial charge >= 0.3 is 0 Å². The highest BCUT2D eigenvalue weighted by Crippen LogP contribution is 2.38. The van der Waals surface area contributed by atoms with Crippen LogP contribution in [0.15, 0.2) is 134 Å². The number of aryl methyl sites for hydroxylation is 2. The fraction of sp³-hybridized carbons (Fsp3) is 0.0476. The third-order valence-corrected chi connectivity index (χ3v) is 9.81. The number of para-hydroxylation sites is 3. The molecule has 6 heteroatoms. The standard InChI is InChI=1S/C42H28BN3O2/c1-25-9-7-10-26(2)41(25)46-35-14-6-5-13-33(35)45-42(46)29-18-20-37-32(22-29)43-31-21-28(34-23-27-11-3-4-12-30(27)24-44-34)17-19-36(31)47-38-15-8-16-39(48-37)40(38)43/h3-24H,1-2H3. The molecule has 48 heavy (non-hydrogen) atoms. The van der Waals surface area contributed by atoms with Gasteiger partial charge in [0, 0.05) is 22.6 Å². The Morgan fingerprint density at radius 2 is 1.23 bits per heavy atom. The maximum absolute atomic E-state index is 6.59. The van der Waals surface area contributed by atoms with Gasteiger partial charge in [-0.25, -0.2) is 4.98 Å². The summed E-state index contributed by atoms with van der Waals surface area (Å²) in [5.74, 6) is 4.22. The molecule has 2 aromatic heterocycles. The zero-order valence-corrected chi connectivity index (χ0v) is 26.4. The molecule has 2 aliphatic rings. The molecular formula is C42H28BN3O2. The first-order valence-corrected chi connectivity index (χ1v) is 16.3. The monoisotopic (exact) mass is 617 g/mol. The number of nitrogens with zero attached hydrogens (tertiary/aromatic N) is 3. The van der Waals surface area contributed by atoms with Gasteiger partial charge in [-0.15, -0.1) is 0 Å². The molecule has 6 aromatic carbocycles. The lowest BCUT2D eigenvalue weighted by Gasteiger charge is -2.33. The summed E-state index contributed by atoms with van der Waals surface area (Å²) in [7, 11) is 0. The summed E-state index contributed by atoms with van der Waals surface area (Å²) in [6.07, 6.45) is 1.95. The molecule has 0 aliphatic carbocycles. The van der Waals surface area contributed by atoms with Crippen LogP contribution < -0.4 is 25.9 Å². The Labute approximate surface area is 278 Å². The molecule has 2 aliphatic heterocycles. The average molecular weight is 618 g/mol. The van der Waals surface area contributed by atoms with Crippen molar-refractivity contribution in [3.05, 3.63) is 145 Å². The molecule has 8 aromatic rings. The molecular weight excluding hydrogens is 589 g/mol. The number of pyridine rings is 1. The maximum Gasteiger partial charge on any atom is 0.260 e. The Hall–Kier alpha value is -6.14. The summed E-state index contributed by atoms with van der Waals surface area (Å²) in [5, 5.41) is 2.29. The fourth-order valence-corrected chi connectivity index (χ4v) is 7.58. The Morgan fingerprint density at radius 3 is 2.00 bits per heavy atom. The summed E-state index contributed by atoms with van der Waals surface area (Å²) >= 11 is 0. The predicted molar refractivity (Wildman–Crippen MR) is 194 cm³/mol. The Balaban J connectivity index is 1.18. The molecule has 0 N–H and O–H groups in total. The van der Waals surface area contributed by atoms with Crippen LogP contribution in [0.5, 0.6) is 23.0 Å². The number of hydrogen-bond acceptors (Lipinski definition) is 4. The van der Waals surface area contributed by atoms with E-state index in [4.69, 9.17) is 19.4 Å². The molecule has 0 amide bonds. The van der Waals surface area contributed by atoms with E-state index in [0.29, 0.717) is 0 Å². The van der Waals surface area contributed by atoms with Gasteiger partial charge in [0.15, 0.2) is 0 Å². The molecule has 0 fully saturated rings. The SMILES string of the molecule is Cc1cccc(C)c1-n1c(-c2ccc3c(c2)B2c4cc(-c5cc6ccccc6cn5)ccc4Oc4cccc(c42)O3)nc2ccccc21. The van der Waals surface area contributed by atoms with Crippen LogP contribution in [0.1, 0.15) is 11.1 Å². The van der Waals surface area contributed by atoms with Gasteiger partial charge in [-0.2, -0.15) is 0 Å². The zero-order chi connectivity index (χ0) is 31.9. The second kappa shape index (κ2) is 10.2. The van der Waals surface area contributed by atoms with Crippen LogP contribution >= 0.6 is 0 Å². The van der Waals surface area contributed by atoms with E-state index in [1.54, 1.807) is 0 Å². The highest BCUT2D eigenvalue weighted by Gasteiger charge is 2.40. The van der Waals surface area contributed by atoms with Gasteiger partial charge in [-0.3, -0.25) is 9.55 Å². The maximum atomic E-state index is 6.59. The van der Waals surface area contributed by atoms with Crippen molar-refractivity contribution in [2.75, 3.05) is 0 Å². The number of aromatic nitrogens is 3. The molecule has 0 saturated carbocycles. The molecule has 10 rings (SSSR count).